The lowest BCUT2D eigenvalue weighted by molar-refractivity contribution is 0.0941. The van der Waals surface area contributed by atoms with E-state index in [-0.39, 0.29) is 11.7 Å². The first-order valence-corrected chi connectivity index (χ1v) is 10.0. The van der Waals surface area contributed by atoms with E-state index in [1.165, 1.54) is 0 Å². The van der Waals surface area contributed by atoms with Gasteiger partial charge in [0.2, 0.25) is 5.82 Å². The number of halogens is 1. The summed E-state index contributed by atoms with van der Waals surface area (Å²) in [6.45, 7) is 2.14. The van der Waals surface area contributed by atoms with Crippen LogP contribution in [0.15, 0.2) is 52.9 Å². The van der Waals surface area contributed by atoms with Crippen LogP contribution >= 0.6 is 11.6 Å². The number of benzene rings is 2. The predicted octanol–water partition coefficient (Wildman–Crippen LogP) is 4.56. The highest BCUT2D eigenvalue weighted by atomic mass is 35.5. The maximum atomic E-state index is 12.9. The molecule has 2 aromatic carbocycles. The van der Waals surface area contributed by atoms with Crippen LogP contribution in [-0.4, -0.2) is 29.0 Å². The zero-order valence-corrected chi connectivity index (χ0v) is 16.4. The first-order chi connectivity index (χ1) is 14.2. The van der Waals surface area contributed by atoms with Gasteiger partial charge in [0.25, 0.3) is 5.91 Å². The van der Waals surface area contributed by atoms with Gasteiger partial charge in [-0.25, -0.2) is 9.97 Å². The highest BCUT2D eigenvalue weighted by Crippen LogP contribution is 2.34. The van der Waals surface area contributed by atoms with E-state index in [0.717, 1.165) is 42.5 Å². The number of furan rings is 1. The van der Waals surface area contributed by atoms with Crippen molar-refractivity contribution in [2.75, 3.05) is 18.0 Å². The van der Waals surface area contributed by atoms with Crippen LogP contribution < -0.4 is 10.2 Å². The molecule has 5 rings (SSSR count). The molecule has 4 aromatic rings. The molecule has 3 heterocycles. The molecule has 6 nitrogen and oxygen atoms in total. The maximum absolute atomic E-state index is 12.9. The van der Waals surface area contributed by atoms with Crippen molar-refractivity contribution in [3.8, 4) is 0 Å². The van der Waals surface area contributed by atoms with Crippen LogP contribution in [0.2, 0.25) is 5.02 Å². The van der Waals surface area contributed by atoms with Crippen LogP contribution in [0.4, 0.5) is 5.82 Å². The Morgan fingerprint density at radius 3 is 2.76 bits per heavy atom. The first kappa shape index (κ1) is 17.9. The van der Waals surface area contributed by atoms with E-state index >= 15 is 0 Å². The number of carbonyl (C=O) groups excluding carboxylic acids is 1. The van der Waals surface area contributed by atoms with E-state index in [1.807, 2.05) is 42.5 Å². The number of rotatable bonds is 4. The summed E-state index contributed by atoms with van der Waals surface area (Å²) in [5.41, 5.74) is 2.97. The molecular weight excluding hydrogens is 388 g/mol. The fraction of sp³-hybridized carbons (Fsp3) is 0.227. The molecule has 146 valence electrons. The molecule has 7 heteroatoms. The summed E-state index contributed by atoms with van der Waals surface area (Å²) in [5.74, 6) is 0.516. The molecule has 2 aromatic heterocycles. The van der Waals surface area contributed by atoms with E-state index in [1.54, 1.807) is 6.07 Å². The first-order valence-electron chi connectivity index (χ1n) is 9.66. The molecule has 0 unspecified atom stereocenters. The number of fused-ring (bicyclic) bond motifs is 3. The Bertz CT molecular complexity index is 1210. The predicted molar refractivity (Wildman–Crippen MR) is 113 cm³/mol. The van der Waals surface area contributed by atoms with Crippen LogP contribution in [0.25, 0.3) is 22.1 Å². The number of para-hydroxylation sites is 1. The van der Waals surface area contributed by atoms with Gasteiger partial charge < -0.3 is 14.6 Å². The Labute approximate surface area is 172 Å². The average molecular weight is 407 g/mol. The second kappa shape index (κ2) is 7.37. The Kier molecular flexibility index (Phi) is 4.56. The number of hydrogen-bond acceptors (Lipinski definition) is 5. The van der Waals surface area contributed by atoms with Gasteiger partial charge in [0.15, 0.2) is 11.4 Å². The van der Waals surface area contributed by atoms with Gasteiger partial charge in [-0.2, -0.15) is 0 Å². The Hall–Kier alpha value is -3.12. The second-order valence-electron chi connectivity index (χ2n) is 7.15. The van der Waals surface area contributed by atoms with E-state index in [0.29, 0.717) is 28.5 Å². The highest BCUT2D eigenvalue weighted by molar-refractivity contribution is 6.30. The van der Waals surface area contributed by atoms with Gasteiger partial charge in [0.05, 0.1) is 0 Å². The van der Waals surface area contributed by atoms with E-state index < -0.39 is 0 Å². The monoisotopic (exact) mass is 406 g/mol. The van der Waals surface area contributed by atoms with Gasteiger partial charge in [-0.1, -0.05) is 35.9 Å². The highest BCUT2D eigenvalue weighted by Gasteiger charge is 2.24. The Morgan fingerprint density at radius 1 is 1.10 bits per heavy atom. The average Bonchev–Trinajstić information content (AvgIpc) is 3.39. The molecule has 0 atom stereocenters. The smallest absolute Gasteiger partial charge is 0.289 e. The summed E-state index contributed by atoms with van der Waals surface area (Å²) in [4.78, 5) is 24.2. The number of carbonyl (C=O) groups is 1. The fourth-order valence-electron chi connectivity index (χ4n) is 3.73. The number of amides is 1. The summed E-state index contributed by atoms with van der Waals surface area (Å²) in [7, 11) is 0. The van der Waals surface area contributed by atoms with Gasteiger partial charge in [-0.15, -0.1) is 0 Å². The molecule has 1 aliphatic heterocycles. The van der Waals surface area contributed by atoms with Gasteiger partial charge in [0, 0.05) is 30.0 Å². The minimum atomic E-state index is -0.322. The fourth-order valence-corrected chi connectivity index (χ4v) is 3.94. The largest absolute Gasteiger partial charge is 0.450 e. The van der Waals surface area contributed by atoms with E-state index in [2.05, 4.69) is 20.2 Å². The van der Waals surface area contributed by atoms with Crippen molar-refractivity contribution in [1.82, 2.24) is 15.3 Å². The van der Waals surface area contributed by atoms with Crippen molar-refractivity contribution >= 4 is 45.4 Å². The van der Waals surface area contributed by atoms with Crippen molar-refractivity contribution < 1.29 is 9.21 Å². The quantitative estimate of drug-likeness (QED) is 0.538. The lowest BCUT2D eigenvalue weighted by Gasteiger charge is -2.17. The topological polar surface area (TPSA) is 71.3 Å². The Morgan fingerprint density at radius 2 is 1.93 bits per heavy atom. The van der Waals surface area contributed by atoms with Gasteiger partial charge in [-0.3, -0.25) is 4.79 Å². The molecule has 29 heavy (non-hydrogen) atoms. The standard InChI is InChI=1S/C22H19ClN4O2/c23-15-7-5-6-14(12-15)13-24-22(28)20-25-18-16-8-1-2-9-17(16)29-19(18)21(26-20)27-10-3-4-11-27/h1-2,5-9,12H,3-4,10-11,13H2,(H,24,28). The van der Waals surface area contributed by atoms with Crippen LogP contribution in [0.5, 0.6) is 0 Å². The van der Waals surface area contributed by atoms with Crippen molar-refractivity contribution in [1.29, 1.82) is 0 Å². The minimum absolute atomic E-state index is 0.146. The molecule has 1 saturated heterocycles. The number of hydrogen-bond donors (Lipinski definition) is 1. The molecule has 0 bridgehead atoms. The van der Waals surface area contributed by atoms with Crippen molar-refractivity contribution in [3.05, 3.63) is 64.9 Å². The zero-order valence-electron chi connectivity index (χ0n) is 15.7. The summed E-state index contributed by atoms with van der Waals surface area (Å²) in [5, 5.41) is 4.41. The SMILES string of the molecule is O=C(NCc1cccc(Cl)c1)c1nc(N2CCCC2)c2oc3ccccc3c2n1. The molecule has 1 N–H and O–H groups in total. The number of nitrogens with zero attached hydrogens (tertiary/aromatic N) is 3. The third kappa shape index (κ3) is 3.40. The van der Waals surface area contributed by atoms with Gasteiger partial charge in [-0.05, 0) is 42.7 Å². The third-order valence-electron chi connectivity index (χ3n) is 5.15. The summed E-state index contributed by atoms with van der Waals surface area (Å²) in [6, 6.07) is 15.1. The molecule has 0 spiro atoms. The molecular formula is C22H19ClN4O2. The molecule has 0 radical (unpaired) electrons. The van der Waals surface area contributed by atoms with Crippen molar-refractivity contribution in [3.63, 3.8) is 0 Å². The zero-order chi connectivity index (χ0) is 19.8. The number of nitrogens with one attached hydrogen (secondary N) is 1. The van der Waals surface area contributed by atoms with E-state index in [4.69, 9.17) is 16.0 Å². The second-order valence-corrected chi connectivity index (χ2v) is 7.59. The van der Waals surface area contributed by atoms with E-state index in [9.17, 15) is 4.79 Å². The molecule has 0 aliphatic carbocycles. The molecule has 1 aliphatic rings. The number of anilines is 1. The molecule has 1 amide bonds. The molecule has 0 saturated carbocycles. The van der Waals surface area contributed by atoms with Crippen LogP contribution in [-0.2, 0) is 6.54 Å². The van der Waals surface area contributed by atoms with Crippen LogP contribution in [0.3, 0.4) is 0 Å². The number of aromatic nitrogens is 2. The Balaban J connectivity index is 1.54. The minimum Gasteiger partial charge on any atom is -0.450 e. The van der Waals surface area contributed by atoms with Crippen LogP contribution in [0, 0.1) is 0 Å². The van der Waals surface area contributed by atoms with Gasteiger partial charge >= 0.3 is 0 Å². The van der Waals surface area contributed by atoms with Crippen molar-refractivity contribution in [2.24, 2.45) is 0 Å². The summed E-state index contributed by atoms with van der Waals surface area (Å²) in [6.07, 6.45) is 2.20. The maximum Gasteiger partial charge on any atom is 0.289 e. The summed E-state index contributed by atoms with van der Waals surface area (Å²) >= 11 is 6.03. The third-order valence-corrected chi connectivity index (χ3v) is 5.39. The molecule has 1 fully saturated rings. The van der Waals surface area contributed by atoms with Crippen molar-refractivity contribution in [2.45, 2.75) is 19.4 Å². The lowest BCUT2D eigenvalue weighted by atomic mass is 10.2. The van der Waals surface area contributed by atoms with Gasteiger partial charge in [0.1, 0.15) is 11.1 Å². The summed E-state index contributed by atoms with van der Waals surface area (Å²) < 4.78 is 6.06. The van der Waals surface area contributed by atoms with Crippen LogP contribution in [0.1, 0.15) is 29.0 Å². The normalized spacial score (nSPS) is 14.0. The lowest BCUT2D eigenvalue weighted by Crippen LogP contribution is -2.27.